The number of hydrogen-bond donors (Lipinski definition) is 1. The summed E-state index contributed by atoms with van der Waals surface area (Å²) in [4.78, 5) is 36.1. The van der Waals surface area contributed by atoms with Crippen LogP contribution in [-0.2, 0) is 23.9 Å². The van der Waals surface area contributed by atoms with Crippen molar-refractivity contribution >= 4 is 17.8 Å². The molecule has 0 bridgehead atoms. The van der Waals surface area contributed by atoms with Crippen LogP contribution in [0, 0.1) is 5.92 Å². The molecule has 0 aromatic rings. The average molecular weight is 285 g/mol. The fraction of sp³-hybridized carbons (Fsp3) is 0.769. The van der Waals surface area contributed by atoms with E-state index in [-0.39, 0.29) is 17.8 Å². The molecule has 0 spiro atoms. The van der Waals surface area contributed by atoms with Crippen LogP contribution in [0.15, 0.2) is 0 Å². The normalized spacial score (nSPS) is 27.4. The van der Waals surface area contributed by atoms with Crippen LogP contribution in [0.1, 0.15) is 25.7 Å². The molecule has 0 saturated carbocycles. The molecule has 7 nitrogen and oxygen atoms in total. The van der Waals surface area contributed by atoms with E-state index in [1.54, 1.807) is 4.90 Å². The summed E-state index contributed by atoms with van der Waals surface area (Å²) in [5.41, 5.74) is 0. The van der Waals surface area contributed by atoms with Crippen LogP contribution in [0.4, 0.5) is 0 Å². The number of aliphatic carboxylic acids is 1. The highest BCUT2D eigenvalue weighted by Gasteiger charge is 2.38. The van der Waals surface area contributed by atoms with Gasteiger partial charge in [0.1, 0.15) is 6.10 Å². The standard InChI is InChI=1S/C13H19NO6/c1-19-13(18)8-4-6-14(7-5-8)11(15)9-2-3-10(20-9)12(16)17/h8-10H,2-7H2,1H3,(H,16,17). The Morgan fingerprint density at radius 3 is 2.20 bits per heavy atom. The summed E-state index contributed by atoms with van der Waals surface area (Å²) in [6.45, 7) is 0.965. The molecule has 2 aliphatic rings. The molecular formula is C13H19NO6. The molecule has 1 N–H and O–H groups in total. The van der Waals surface area contributed by atoms with E-state index >= 15 is 0 Å². The highest BCUT2D eigenvalue weighted by atomic mass is 16.5. The van der Waals surface area contributed by atoms with Gasteiger partial charge in [-0.1, -0.05) is 0 Å². The number of ether oxygens (including phenoxy) is 2. The molecule has 1 amide bonds. The Morgan fingerprint density at radius 2 is 1.70 bits per heavy atom. The lowest BCUT2D eigenvalue weighted by Crippen LogP contribution is -2.45. The molecule has 2 atom stereocenters. The van der Waals surface area contributed by atoms with Crippen LogP contribution in [0.2, 0.25) is 0 Å². The summed E-state index contributed by atoms with van der Waals surface area (Å²) in [7, 11) is 1.36. The largest absolute Gasteiger partial charge is 0.479 e. The number of methoxy groups -OCH3 is 1. The summed E-state index contributed by atoms with van der Waals surface area (Å²) >= 11 is 0. The number of carbonyl (C=O) groups is 3. The zero-order chi connectivity index (χ0) is 14.7. The minimum absolute atomic E-state index is 0.152. The number of esters is 1. The van der Waals surface area contributed by atoms with Gasteiger partial charge in [0.05, 0.1) is 13.0 Å². The lowest BCUT2D eigenvalue weighted by molar-refractivity contribution is -0.157. The molecule has 0 aromatic carbocycles. The van der Waals surface area contributed by atoms with Crippen LogP contribution < -0.4 is 0 Å². The minimum Gasteiger partial charge on any atom is -0.479 e. The summed E-state index contributed by atoms with van der Waals surface area (Å²) in [6.07, 6.45) is 0.417. The predicted octanol–water partition coefficient (Wildman–Crippen LogP) is 0.0302. The molecule has 0 aromatic heterocycles. The molecular weight excluding hydrogens is 266 g/mol. The first-order valence-electron chi connectivity index (χ1n) is 6.77. The molecule has 20 heavy (non-hydrogen) atoms. The van der Waals surface area contributed by atoms with Gasteiger partial charge in [0.15, 0.2) is 6.10 Å². The van der Waals surface area contributed by atoms with Crippen molar-refractivity contribution in [1.82, 2.24) is 4.90 Å². The van der Waals surface area contributed by atoms with Gasteiger partial charge in [0.25, 0.3) is 5.91 Å². The third-order valence-corrected chi connectivity index (χ3v) is 3.91. The van der Waals surface area contributed by atoms with Crippen LogP contribution in [-0.4, -0.2) is 60.3 Å². The monoisotopic (exact) mass is 285 g/mol. The molecule has 2 fully saturated rings. The van der Waals surface area contributed by atoms with Crippen LogP contribution in [0.5, 0.6) is 0 Å². The van der Waals surface area contributed by atoms with Crippen LogP contribution in [0.25, 0.3) is 0 Å². The smallest absolute Gasteiger partial charge is 0.332 e. The van der Waals surface area contributed by atoms with Gasteiger partial charge in [-0.05, 0) is 25.7 Å². The van der Waals surface area contributed by atoms with Crippen molar-refractivity contribution in [2.45, 2.75) is 37.9 Å². The molecule has 2 aliphatic heterocycles. The lowest BCUT2D eigenvalue weighted by atomic mass is 9.96. The van der Waals surface area contributed by atoms with Gasteiger partial charge in [-0.2, -0.15) is 0 Å². The quantitative estimate of drug-likeness (QED) is 0.735. The first-order chi connectivity index (χ1) is 9.52. The summed E-state index contributed by atoms with van der Waals surface area (Å²) in [5.74, 6) is -1.58. The van der Waals surface area contributed by atoms with E-state index in [1.165, 1.54) is 7.11 Å². The first-order valence-corrected chi connectivity index (χ1v) is 6.77. The number of carboxylic acids is 1. The molecule has 2 unspecified atom stereocenters. The van der Waals surface area contributed by atoms with Gasteiger partial charge in [-0.15, -0.1) is 0 Å². The number of nitrogens with zero attached hydrogens (tertiary/aromatic N) is 1. The van der Waals surface area contributed by atoms with Gasteiger partial charge < -0.3 is 19.5 Å². The SMILES string of the molecule is COC(=O)C1CCN(C(=O)C2CCC(C(=O)O)O2)CC1. The Labute approximate surface area is 116 Å². The van der Waals surface area contributed by atoms with Crippen molar-refractivity contribution < 1.29 is 29.0 Å². The predicted molar refractivity (Wildman–Crippen MR) is 66.9 cm³/mol. The fourth-order valence-electron chi connectivity index (χ4n) is 2.71. The van der Waals surface area contributed by atoms with E-state index in [2.05, 4.69) is 0 Å². The van der Waals surface area contributed by atoms with Crippen LogP contribution >= 0.6 is 0 Å². The molecule has 7 heteroatoms. The first kappa shape index (κ1) is 14.8. The summed E-state index contributed by atoms with van der Waals surface area (Å²) in [5, 5.41) is 8.84. The molecule has 112 valence electrons. The second kappa shape index (κ2) is 6.21. The topological polar surface area (TPSA) is 93.1 Å². The third-order valence-electron chi connectivity index (χ3n) is 3.91. The zero-order valence-corrected chi connectivity index (χ0v) is 11.4. The van der Waals surface area contributed by atoms with Gasteiger partial charge >= 0.3 is 11.9 Å². The van der Waals surface area contributed by atoms with Crippen molar-refractivity contribution in [1.29, 1.82) is 0 Å². The van der Waals surface area contributed by atoms with Crippen LogP contribution in [0.3, 0.4) is 0 Å². The Balaban J connectivity index is 1.83. The van der Waals surface area contributed by atoms with Gasteiger partial charge in [-0.25, -0.2) is 4.79 Å². The number of carbonyl (C=O) groups excluding carboxylic acids is 2. The van der Waals surface area contributed by atoms with E-state index in [0.717, 1.165) is 0 Å². The number of rotatable bonds is 3. The number of likely N-dealkylation sites (tertiary alicyclic amines) is 1. The fourth-order valence-corrected chi connectivity index (χ4v) is 2.71. The Bertz CT molecular complexity index is 402. The summed E-state index contributed by atoms with van der Waals surface area (Å²) < 4.78 is 9.94. The number of hydrogen-bond acceptors (Lipinski definition) is 5. The van der Waals surface area contributed by atoms with Gasteiger partial charge in [-0.3, -0.25) is 9.59 Å². The molecule has 2 heterocycles. The average Bonchev–Trinajstić information content (AvgIpc) is 2.96. The molecule has 0 aliphatic carbocycles. The second-order valence-corrected chi connectivity index (χ2v) is 5.15. The zero-order valence-electron chi connectivity index (χ0n) is 11.4. The summed E-state index contributed by atoms with van der Waals surface area (Å²) in [6, 6.07) is 0. The van der Waals surface area contributed by atoms with Gasteiger partial charge in [0.2, 0.25) is 0 Å². The maximum absolute atomic E-state index is 12.2. The Kier molecular flexibility index (Phi) is 4.59. The van der Waals surface area contributed by atoms with E-state index in [0.29, 0.717) is 38.8 Å². The van der Waals surface area contributed by atoms with Crippen molar-refractivity contribution in [2.24, 2.45) is 5.92 Å². The Hall–Kier alpha value is -1.63. The minimum atomic E-state index is -1.02. The van der Waals surface area contributed by atoms with E-state index in [9.17, 15) is 14.4 Å². The molecule has 0 radical (unpaired) electrons. The van der Waals surface area contributed by atoms with Crippen molar-refractivity contribution in [2.75, 3.05) is 20.2 Å². The van der Waals surface area contributed by atoms with Crippen molar-refractivity contribution in [3.8, 4) is 0 Å². The maximum atomic E-state index is 12.2. The van der Waals surface area contributed by atoms with E-state index in [1.807, 2.05) is 0 Å². The highest BCUT2D eigenvalue weighted by molar-refractivity contribution is 5.83. The lowest BCUT2D eigenvalue weighted by Gasteiger charge is -2.32. The van der Waals surface area contributed by atoms with E-state index in [4.69, 9.17) is 14.6 Å². The van der Waals surface area contributed by atoms with Crippen molar-refractivity contribution in [3.63, 3.8) is 0 Å². The molecule has 2 saturated heterocycles. The molecule has 2 rings (SSSR count). The number of amides is 1. The van der Waals surface area contributed by atoms with Crippen molar-refractivity contribution in [3.05, 3.63) is 0 Å². The second-order valence-electron chi connectivity index (χ2n) is 5.15. The number of carboxylic acid groups (broad SMARTS) is 1. The van der Waals surface area contributed by atoms with Gasteiger partial charge in [0, 0.05) is 13.1 Å². The number of piperidine rings is 1. The third kappa shape index (κ3) is 3.09. The maximum Gasteiger partial charge on any atom is 0.332 e. The highest BCUT2D eigenvalue weighted by Crippen LogP contribution is 2.24. The van der Waals surface area contributed by atoms with E-state index < -0.39 is 18.2 Å². The Morgan fingerprint density at radius 1 is 1.10 bits per heavy atom.